The molecule has 32 heavy (non-hydrogen) atoms. The molecule has 2 aliphatic rings. The molecule has 0 spiro atoms. The second-order valence-corrected chi connectivity index (χ2v) is 9.10. The minimum Gasteiger partial charge on any atom is -0.366 e. The lowest BCUT2D eigenvalue weighted by atomic mass is 9.99. The highest BCUT2D eigenvalue weighted by atomic mass is 19.1. The number of piperazine rings is 1. The van der Waals surface area contributed by atoms with E-state index in [-0.39, 0.29) is 29.5 Å². The number of aryl methyl sites for hydroxylation is 1. The average molecular weight is 438 g/mol. The van der Waals surface area contributed by atoms with Gasteiger partial charge in [-0.15, -0.1) is 0 Å². The number of pyridine rings is 1. The Kier molecular flexibility index (Phi) is 5.33. The molecular formula is C24H28FN5O2. The van der Waals surface area contributed by atoms with Crippen LogP contribution in [0, 0.1) is 5.82 Å². The topological polar surface area (TPSA) is 67.4 Å². The summed E-state index contributed by atoms with van der Waals surface area (Å²) in [6, 6.07) is 10.3. The highest BCUT2D eigenvalue weighted by molar-refractivity contribution is 5.47. The molecule has 2 aromatic heterocycles. The van der Waals surface area contributed by atoms with Crippen LogP contribution in [0.15, 0.2) is 51.9 Å². The number of nitrogens with zero attached hydrogens (tertiary/aromatic N) is 5. The predicted molar refractivity (Wildman–Crippen MR) is 119 cm³/mol. The maximum absolute atomic E-state index is 13.7. The second kappa shape index (κ2) is 8.16. The summed E-state index contributed by atoms with van der Waals surface area (Å²) in [4.78, 5) is 21.5. The van der Waals surface area contributed by atoms with E-state index in [1.54, 1.807) is 36.0 Å². The molecule has 3 atom stereocenters. The zero-order chi connectivity index (χ0) is 22.4. The Bertz CT molecular complexity index is 1150. The molecule has 0 N–H and O–H groups in total. The van der Waals surface area contributed by atoms with Crippen molar-refractivity contribution in [3.05, 3.63) is 76.0 Å². The van der Waals surface area contributed by atoms with Gasteiger partial charge in [-0.2, -0.15) is 4.98 Å². The Morgan fingerprint density at radius 1 is 1.09 bits per heavy atom. The lowest BCUT2D eigenvalue weighted by Gasteiger charge is -2.47. The summed E-state index contributed by atoms with van der Waals surface area (Å²) in [5.74, 6) is 1.45. The summed E-state index contributed by atoms with van der Waals surface area (Å²) in [6.07, 6.45) is 4.01. The number of rotatable bonds is 5. The largest absolute Gasteiger partial charge is 0.366 e. The van der Waals surface area contributed by atoms with Gasteiger partial charge in [0.05, 0.1) is 0 Å². The van der Waals surface area contributed by atoms with Crippen molar-refractivity contribution in [3.8, 4) is 0 Å². The minimum atomic E-state index is -0.270. The molecule has 5 rings (SSSR count). The van der Waals surface area contributed by atoms with Crippen LogP contribution in [-0.4, -0.2) is 44.8 Å². The van der Waals surface area contributed by atoms with Crippen molar-refractivity contribution in [1.82, 2.24) is 19.6 Å². The standard InChI is InChI=1S/C24H28FN5O2/c1-15-14-30(16(2)13-29(15)20-10-11-28(3)21(31)12-20)22(17-6-8-19(25)9-7-17)24-26-23(27-32-24)18-4-5-18/h6-12,15-16,18,22H,4-5,13-14H2,1-3H3/t15-,16+,22?/m0/s1. The van der Waals surface area contributed by atoms with Crippen LogP contribution in [0.2, 0.25) is 0 Å². The number of benzene rings is 1. The molecule has 3 heterocycles. The van der Waals surface area contributed by atoms with E-state index in [1.165, 1.54) is 12.1 Å². The van der Waals surface area contributed by atoms with Gasteiger partial charge in [0.2, 0.25) is 5.89 Å². The van der Waals surface area contributed by atoms with Crippen LogP contribution in [0.1, 0.15) is 55.9 Å². The smallest absolute Gasteiger partial charge is 0.252 e. The van der Waals surface area contributed by atoms with Gasteiger partial charge in [0.25, 0.3) is 5.56 Å². The van der Waals surface area contributed by atoms with Crippen molar-refractivity contribution in [1.29, 1.82) is 0 Å². The molecule has 3 aromatic rings. The molecule has 0 radical (unpaired) electrons. The Balaban J connectivity index is 1.46. The van der Waals surface area contributed by atoms with E-state index in [0.29, 0.717) is 11.8 Å². The van der Waals surface area contributed by atoms with E-state index in [4.69, 9.17) is 9.51 Å². The van der Waals surface area contributed by atoms with E-state index in [2.05, 4.69) is 28.8 Å². The molecule has 8 heteroatoms. The summed E-state index contributed by atoms with van der Waals surface area (Å²) in [5, 5.41) is 4.23. The molecule has 1 aromatic carbocycles. The fraction of sp³-hybridized carbons (Fsp3) is 0.458. The first-order valence-electron chi connectivity index (χ1n) is 11.2. The fourth-order valence-corrected chi connectivity index (χ4v) is 4.58. The Hall–Kier alpha value is -3.00. The first-order valence-corrected chi connectivity index (χ1v) is 11.2. The third-order valence-corrected chi connectivity index (χ3v) is 6.60. The molecule has 1 saturated carbocycles. The maximum Gasteiger partial charge on any atom is 0.252 e. The van der Waals surface area contributed by atoms with Crippen molar-refractivity contribution < 1.29 is 8.91 Å². The Morgan fingerprint density at radius 3 is 2.53 bits per heavy atom. The molecule has 1 aliphatic carbocycles. The molecule has 7 nitrogen and oxygen atoms in total. The van der Waals surface area contributed by atoms with Gasteiger partial charge in [-0.1, -0.05) is 17.3 Å². The Labute approximate surface area is 186 Å². The van der Waals surface area contributed by atoms with E-state index >= 15 is 0 Å². The Morgan fingerprint density at radius 2 is 1.84 bits per heavy atom. The van der Waals surface area contributed by atoms with Crippen LogP contribution in [-0.2, 0) is 7.05 Å². The summed E-state index contributed by atoms with van der Waals surface area (Å²) < 4.78 is 21.0. The number of hydrogen-bond donors (Lipinski definition) is 0. The van der Waals surface area contributed by atoms with Crippen molar-refractivity contribution in [2.75, 3.05) is 18.0 Å². The number of hydrogen-bond acceptors (Lipinski definition) is 6. The van der Waals surface area contributed by atoms with Crippen LogP contribution in [0.3, 0.4) is 0 Å². The zero-order valence-corrected chi connectivity index (χ0v) is 18.6. The highest BCUT2D eigenvalue weighted by Crippen LogP contribution is 2.40. The third-order valence-electron chi connectivity index (χ3n) is 6.60. The predicted octanol–water partition coefficient (Wildman–Crippen LogP) is 3.47. The lowest BCUT2D eigenvalue weighted by molar-refractivity contribution is 0.110. The number of halogens is 1. The van der Waals surface area contributed by atoms with Gasteiger partial charge in [-0.05, 0) is 50.5 Å². The fourth-order valence-electron chi connectivity index (χ4n) is 4.58. The van der Waals surface area contributed by atoms with E-state index in [9.17, 15) is 9.18 Å². The van der Waals surface area contributed by atoms with Gasteiger partial charge in [0.1, 0.15) is 11.9 Å². The summed E-state index contributed by atoms with van der Waals surface area (Å²) >= 11 is 0. The van der Waals surface area contributed by atoms with Crippen molar-refractivity contribution in [2.24, 2.45) is 7.05 Å². The first-order chi connectivity index (χ1) is 15.4. The first kappa shape index (κ1) is 20.9. The second-order valence-electron chi connectivity index (χ2n) is 9.10. The van der Waals surface area contributed by atoms with Crippen LogP contribution in [0.4, 0.5) is 10.1 Å². The zero-order valence-electron chi connectivity index (χ0n) is 18.6. The van der Waals surface area contributed by atoms with Gasteiger partial charge in [0.15, 0.2) is 5.82 Å². The van der Waals surface area contributed by atoms with Crippen LogP contribution >= 0.6 is 0 Å². The molecule has 1 saturated heterocycles. The van der Waals surface area contributed by atoms with Gasteiger partial charge < -0.3 is 14.0 Å². The van der Waals surface area contributed by atoms with E-state index in [0.717, 1.165) is 43.0 Å². The van der Waals surface area contributed by atoms with Crippen molar-refractivity contribution in [2.45, 2.75) is 50.7 Å². The molecule has 1 unspecified atom stereocenters. The third kappa shape index (κ3) is 3.95. The van der Waals surface area contributed by atoms with Gasteiger partial charge in [-0.3, -0.25) is 9.69 Å². The number of aromatic nitrogens is 3. The van der Waals surface area contributed by atoms with Gasteiger partial charge in [-0.25, -0.2) is 4.39 Å². The molecule has 0 amide bonds. The maximum atomic E-state index is 13.7. The normalized spacial score (nSPS) is 22.8. The minimum absolute atomic E-state index is 0.0209. The monoisotopic (exact) mass is 437 g/mol. The van der Waals surface area contributed by atoms with E-state index in [1.807, 2.05) is 6.07 Å². The molecule has 1 aliphatic heterocycles. The molecule has 0 bridgehead atoms. The van der Waals surface area contributed by atoms with E-state index < -0.39 is 0 Å². The number of anilines is 1. The molecular weight excluding hydrogens is 409 g/mol. The summed E-state index contributed by atoms with van der Waals surface area (Å²) in [5.41, 5.74) is 1.84. The van der Waals surface area contributed by atoms with Crippen molar-refractivity contribution >= 4 is 5.69 Å². The van der Waals surface area contributed by atoms with Crippen molar-refractivity contribution in [3.63, 3.8) is 0 Å². The lowest BCUT2D eigenvalue weighted by Crippen LogP contribution is -2.57. The highest BCUT2D eigenvalue weighted by Gasteiger charge is 2.38. The summed E-state index contributed by atoms with van der Waals surface area (Å²) in [6.45, 7) is 5.80. The quantitative estimate of drug-likeness (QED) is 0.609. The average Bonchev–Trinajstić information content (AvgIpc) is 3.52. The summed E-state index contributed by atoms with van der Waals surface area (Å²) in [7, 11) is 1.75. The SMILES string of the molecule is C[C@@H]1CN(c2ccn(C)c(=O)c2)[C@@H](C)CN1C(c1ccc(F)cc1)c1nc(C2CC2)no1. The van der Waals surface area contributed by atoms with Crippen LogP contribution in [0.5, 0.6) is 0 Å². The van der Waals surface area contributed by atoms with Crippen LogP contribution < -0.4 is 10.5 Å². The van der Waals surface area contributed by atoms with Crippen LogP contribution in [0.25, 0.3) is 0 Å². The molecule has 2 fully saturated rings. The van der Waals surface area contributed by atoms with Gasteiger partial charge >= 0.3 is 0 Å². The van der Waals surface area contributed by atoms with Gasteiger partial charge in [0, 0.05) is 56.1 Å². The molecule has 168 valence electrons.